The van der Waals surface area contributed by atoms with Crippen LogP contribution >= 0.6 is 0 Å². The Balaban J connectivity index is 1.49. The zero-order chi connectivity index (χ0) is 14.5. The van der Waals surface area contributed by atoms with Crippen LogP contribution < -0.4 is 10.1 Å². The Morgan fingerprint density at radius 2 is 1.86 bits per heavy atom. The quantitative estimate of drug-likeness (QED) is 0.886. The van der Waals surface area contributed by atoms with Gasteiger partial charge in [0.2, 0.25) is 0 Å². The molecular formula is C18H21NO2. The maximum absolute atomic E-state index is 10.3. The molecule has 110 valence electrons. The molecule has 3 heteroatoms. The van der Waals surface area contributed by atoms with Crippen molar-refractivity contribution in [3.05, 3.63) is 65.7 Å². The van der Waals surface area contributed by atoms with Gasteiger partial charge in [-0.3, -0.25) is 0 Å². The van der Waals surface area contributed by atoms with Gasteiger partial charge in [0.15, 0.2) is 0 Å². The third kappa shape index (κ3) is 3.63. The predicted octanol–water partition coefficient (Wildman–Crippen LogP) is 2.53. The molecule has 2 aromatic rings. The van der Waals surface area contributed by atoms with Gasteiger partial charge >= 0.3 is 0 Å². The van der Waals surface area contributed by atoms with Gasteiger partial charge in [0.25, 0.3) is 0 Å². The fourth-order valence-electron chi connectivity index (χ4n) is 2.71. The summed E-state index contributed by atoms with van der Waals surface area (Å²) in [5, 5.41) is 13.6. The third-order valence-electron chi connectivity index (χ3n) is 3.90. The number of aliphatic hydroxyl groups excluding tert-OH is 1. The molecule has 0 aromatic heterocycles. The van der Waals surface area contributed by atoms with Crippen molar-refractivity contribution in [1.82, 2.24) is 5.32 Å². The maximum atomic E-state index is 10.3. The van der Waals surface area contributed by atoms with Crippen LogP contribution in [0.25, 0.3) is 0 Å². The lowest BCUT2D eigenvalue weighted by atomic mass is 9.99. The van der Waals surface area contributed by atoms with Crippen molar-refractivity contribution in [2.75, 3.05) is 6.54 Å². The molecule has 2 N–H and O–H groups in total. The second kappa shape index (κ2) is 6.74. The summed E-state index contributed by atoms with van der Waals surface area (Å²) in [7, 11) is 0. The molecule has 21 heavy (non-hydrogen) atoms. The largest absolute Gasteiger partial charge is 0.487 e. The van der Waals surface area contributed by atoms with E-state index in [2.05, 4.69) is 23.5 Å². The molecule has 2 aromatic carbocycles. The molecule has 0 saturated heterocycles. The molecule has 0 fully saturated rings. The lowest BCUT2D eigenvalue weighted by Crippen LogP contribution is -2.41. The molecule has 0 unspecified atom stereocenters. The first-order chi connectivity index (χ1) is 10.3. The van der Waals surface area contributed by atoms with E-state index in [4.69, 9.17) is 4.74 Å². The van der Waals surface area contributed by atoms with Crippen LogP contribution in [0.3, 0.4) is 0 Å². The van der Waals surface area contributed by atoms with Crippen molar-refractivity contribution in [3.8, 4) is 5.75 Å². The summed E-state index contributed by atoms with van der Waals surface area (Å²) in [4.78, 5) is 0. The molecule has 1 aliphatic heterocycles. The van der Waals surface area contributed by atoms with Gasteiger partial charge in [-0.1, -0.05) is 48.5 Å². The highest BCUT2D eigenvalue weighted by molar-refractivity contribution is 5.35. The molecule has 0 saturated carbocycles. The second-order valence-electron chi connectivity index (χ2n) is 5.49. The number of benzene rings is 2. The summed E-state index contributed by atoms with van der Waals surface area (Å²) in [6.45, 7) is 1.31. The fourth-order valence-corrected chi connectivity index (χ4v) is 2.71. The number of ether oxygens (including phenoxy) is 1. The van der Waals surface area contributed by atoms with E-state index in [0.717, 1.165) is 25.1 Å². The van der Waals surface area contributed by atoms with Gasteiger partial charge < -0.3 is 15.2 Å². The number of aliphatic hydroxyl groups is 1. The van der Waals surface area contributed by atoms with Gasteiger partial charge in [-0.15, -0.1) is 0 Å². The van der Waals surface area contributed by atoms with Gasteiger partial charge in [-0.05, 0) is 30.0 Å². The molecule has 3 nitrogen and oxygen atoms in total. The fraction of sp³-hybridized carbons (Fsp3) is 0.333. The summed E-state index contributed by atoms with van der Waals surface area (Å²) in [5.41, 5.74) is 2.46. The van der Waals surface area contributed by atoms with Crippen LogP contribution in [0.1, 0.15) is 17.5 Å². The van der Waals surface area contributed by atoms with Crippen LogP contribution in [0, 0.1) is 0 Å². The SMILES string of the molecule is O[C@@H](CNCc1ccccc1)[C@@H]1CCc2ccccc2O1. The van der Waals surface area contributed by atoms with Crippen molar-refractivity contribution in [3.63, 3.8) is 0 Å². The highest BCUT2D eigenvalue weighted by atomic mass is 16.5. The number of hydrogen-bond donors (Lipinski definition) is 2. The van der Waals surface area contributed by atoms with Crippen LogP contribution in [0.2, 0.25) is 0 Å². The average molecular weight is 283 g/mol. The van der Waals surface area contributed by atoms with Crippen LogP contribution in [-0.4, -0.2) is 23.9 Å². The smallest absolute Gasteiger partial charge is 0.126 e. The van der Waals surface area contributed by atoms with E-state index in [0.29, 0.717) is 6.54 Å². The Labute approximate surface area is 125 Å². The Morgan fingerprint density at radius 3 is 2.71 bits per heavy atom. The number of fused-ring (bicyclic) bond motifs is 1. The van der Waals surface area contributed by atoms with Crippen molar-refractivity contribution >= 4 is 0 Å². The zero-order valence-corrected chi connectivity index (χ0v) is 12.0. The molecule has 1 heterocycles. The minimum absolute atomic E-state index is 0.122. The van der Waals surface area contributed by atoms with E-state index in [-0.39, 0.29) is 6.10 Å². The molecule has 0 bridgehead atoms. The maximum Gasteiger partial charge on any atom is 0.126 e. The Hall–Kier alpha value is -1.84. The van der Waals surface area contributed by atoms with E-state index < -0.39 is 6.10 Å². The standard InChI is InChI=1S/C18H21NO2/c20-16(13-19-12-14-6-2-1-3-7-14)18-11-10-15-8-4-5-9-17(15)21-18/h1-9,16,18-20H,10-13H2/t16-,18-/m0/s1. The summed E-state index contributed by atoms with van der Waals surface area (Å²) in [6, 6.07) is 18.3. The summed E-state index contributed by atoms with van der Waals surface area (Å²) in [5.74, 6) is 0.913. The highest BCUT2D eigenvalue weighted by Gasteiger charge is 2.25. The number of para-hydroxylation sites is 1. The summed E-state index contributed by atoms with van der Waals surface area (Å²) in [6.07, 6.45) is 1.23. The molecule has 2 atom stereocenters. The van der Waals surface area contributed by atoms with Crippen molar-refractivity contribution in [2.24, 2.45) is 0 Å². The second-order valence-corrected chi connectivity index (χ2v) is 5.49. The Morgan fingerprint density at radius 1 is 1.10 bits per heavy atom. The van der Waals surface area contributed by atoms with E-state index in [9.17, 15) is 5.11 Å². The van der Waals surface area contributed by atoms with Crippen molar-refractivity contribution in [1.29, 1.82) is 0 Å². The van der Waals surface area contributed by atoms with Gasteiger partial charge in [-0.2, -0.15) is 0 Å². The van der Waals surface area contributed by atoms with Gasteiger partial charge in [0.05, 0.1) is 0 Å². The van der Waals surface area contributed by atoms with E-state index in [1.165, 1.54) is 11.1 Å². The van der Waals surface area contributed by atoms with Crippen LogP contribution in [-0.2, 0) is 13.0 Å². The number of aryl methyl sites for hydroxylation is 1. The number of nitrogens with one attached hydrogen (secondary N) is 1. The number of rotatable bonds is 5. The minimum atomic E-state index is -0.484. The first-order valence-electron chi connectivity index (χ1n) is 7.50. The van der Waals surface area contributed by atoms with E-state index in [1.54, 1.807) is 0 Å². The average Bonchev–Trinajstić information content (AvgIpc) is 2.55. The van der Waals surface area contributed by atoms with Crippen molar-refractivity contribution in [2.45, 2.75) is 31.6 Å². The number of hydrogen-bond acceptors (Lipinski definition) is 3. The first-order valence-corrected chi connectivity index (χ1v) is 7.50. The topological polar surface area (TPSA) is 41.5 Å². The normalized spacial score (nSPS) is 18.6. The highest BCUT2D eigenvalue weighted by Crippen LogP contribution is 2.28. The monoisotopic (exact) mass is 283 g/mol. The summed E-state index contributed by atoms with van der Waals surface area (Å²) >= 11 is 0. The minimum Gasteiger partial charge on any atom is -0.487 e. The van der Waals surface area contributed by atoms with Crippen LogP contribution in [0.5, 0.6) is 5.75 Å². The van der Waals surface area contributed by atoms with Crippen LogP contribution in [0.4, 0.5) is 0 Å². The molecule has 3 rings (SSSR count). The predicted molar refractivity (Wildman–Crippen MR) is 83.3 cm³/mol. The van der Waals surface area contributed by atoms with Gasteiger partial charge in [-0.25, -0.2) is 0 Å². The Kier molecular flexibility index (Phi) is 4.53. The van der Waals surface area contributed by atoms with Crippen molar-refractivity contribution < 1.29 is 9.84 Å². The van der Waals surface area contributed by atoms with E-state index >= 15 is 0 Å². The van der Waals surface area contributed by atoms with Crippen LogP contribution in [0.15, 0.2) is 54.6 Å². The molecule has 0 aliphatic carbocycles. The first kappa shape index (κ1) is 14.1. The Bertz CT molecular complexity index is 570. The van der Waals surface area contributed by atoms with E-state index in [1.807, 2.05) is 36.4 Å². The zero-order valence-electron chi connectivity index (χ0n) is 12.0. The summed E-state index contributed by atoms with van der Waals surface area (Å²) < 4.78 is 5.91. The lowest BCUT2D eigenvalue weighted by Gasteiger charge is -2.29. The van der Waals surface area contributed by atoms with Gasteiger partial charge in [0.1, 0.15) is 18.0 Å². The molecular weight excluding hydrogens is 262 g/mol. The molecule has 0 amide bonds. The molecule has 1 aliphatic rings. The molecule has 0 spiro atoms. The lowest BCUT2D eigenvalue weighted by molar-refractivity contribution is 0.0244. The third-order valence-corrected chi connectivity index (χ3v) is 3.90. The van der Waals surface area contributed by atoms with Gasteiger partial charge in [0, 0.05) is 13.1 Å². The molecule has 0 radical (unpaired) electrons.